The summed E-state index contributed by atoms with van der Waals surface area (Å²) in [5, 5.41) is 0. The van der Waals surface area contributed by atoms with Gasteiger partial charge in [0.1, 0.15) is 23.1 Å². The molecule has 0 atom stereocenters. The minimum absolute atomic E-state index is 0.156. The molecule has 0 unspecified atom stereocenters. The lowest BCUT2D eigenvalue weighted by molar-refractivity contribution is 0.380. The van der Waals surface area contributed by atoms with Crippen LogP contribution in [0.4, 0.5) is 43.7 Å². The number of hydrogen-bond acceptors (Lipinski definition) is 3. The van der Waals surface area contributed by atoms with Gasteiger partial charge in [0, 0.05) is 11.1 Å². The van der Waals surface area contributed by atoms with Crippen molar-refractivity contribution >= 4 is 17.3 Å². The van der Waals surface area contributed by atoms with E-state index in [2.05, 4.69) is 9.97 Å². The van der Waals surface area contributed by atoms with E-state index in [1.165, 1.54) is 48.5 Å². The zero-order valence-electron chi connectivity index (χ0n) is 19.7. The van der Waals surface area contributed by atoms with Gasteiger partial charge in [-0.2, -0.15) is 0 Å². The smallest absolute Gasteiger partial charge is 0.200 e. The third-order valence-electron chi connectivity index (χ3n) is 5.77. The second-order valence-electron chi connectivity index (χ2n) is 8.40. The molecule has 0 saturated carbocycles. The quantitative estimate of drug-likeness (QED) is 0.132. The van der Waals surface area contributed by atoms with Crippen molar-refractivity contribution in [1.82, 2.24) is 9.97 Å². The van der Waals surface area contributed by atoms with Gasteiger partial charge in [-0.3, -0.25) is 4.90 Å². The van der Waals surface area contributed by atoms with E-state index >= 15 is 8.78 Å². The molecule has 0 N–H and O–H groups in total. The second-order valence-corrected chi connectivity index (χ2v) is 8.40. The van der Waals surface area contributed by atoms with E-state index in [1.54, 1.807) is 24.3 Å². The van der Waals surface area contributed by atoms with Gasteiger partial charge < -0.3 is 0 Å². The van der Waals surface area contributed by atoms with E-state index in [0.29, 0.717) is 16.8 Å². The molecule has 3 nitrogen and oxygen atoms in total. The van der Waals surface area contributed by atoms with Crippen molar-refractivity contribution in [2.45, 2.75) is 6.92 Å². The number of benzene rings is 3. The Morgan fingerprint density at radius 3 is 1.53 bits per heavy atom. The van der Waals surface area contributed by atoms with Gasteiger partial charge in [0.15, 0.2) is 23.3 Å². The van der Waals surface area contributed by atoms with E-state index in [1.807, 2.05) is 19.1 Å². The molecule has 0 fully saturated rings. The van der Waals surface area contributed by atoms with E-state index < -0.39 is 40.6 Å². The van der Waals surface area contributed by atoms with Gasteiger partial charge >= 0.3 is 0 Å². The summed E-state index contributed by atoms with van der Waals surface area (Å²) in [6, 6.07) is 21.6. The van der Waals surface area contributed by atoms with Gasteiger partial charge in [0.25, 0.3) is 0 Å². The molecule has 0 aliphatic carbocycles. The van der Waals surface area contributed by atoms with Crippen molar-refractivity contribution in [3.05, 3.63) is 125 Å². The van der Waals surface area contributed by atoms with E-state index in [-0.39, 0.29) is 17.3 Å². The Kier molecular flexibility index (Phi) is 6.59. The molecule has 0 spiro atoms. The number of hydrogen-bond donors (Lipinski definition) is 0. The first-order chi connectivity index (χ1) is 18.2. The number of aryl methyl sites for hydroxylation is 1. The largest absolute Gasteiger partial charge is 0.273 e. The Bertz CT molecular complexity index is 1550. The molecule has 0 saturated heterocycles. The average Bonchev–Trinajstić information content (AvgIpc) is 2.93. The van der Waals surface area contributed by atoms with E-state index in [9.17, 15) is 17.6 Å². The van der Waals surface area contributed by atoms with Gasteiger partial charge in [-0.05, 0) is 49.4 Å². The van der Waals surface area contributed by atoms with Crippen molar-refractivity contribution < 1.29 is 26.3 Å². The van der Waals surface area contributed by atoms with Crippen LogP contribution >= 0.6 is 0 Å². The molecular weight excluding hydrogens is 504 g/mol. The van der Waals surface area contributed by atoms with Gasteiger partial charge in [0.05, 0.1) is 11.4 Å². The van der Waals surface area contributed by atoms with Crippen LogP contribution in [0, 0.1) is 41.8 Å². The molecule has 0 bridgehead atoms. The minimum atomic E-state index is -2.29. The number of rotatable bonds is 5. The fourth-order valence-corrected chi connectivity index (χ4v) is 4.01. The van der Waals surface area contributed by atoms with Gasteiger partial charge in [-0.1, -0.05) is 48.0 Å². The lowest BCUT2D eigenvalue weighted by Crippen LogP contribution is -2.19. The molecule has 0 amide bonds. The SMILES string of the molecule is Cc1cccc(-c2cccc(N(c3cccc(-c4cccc(F)c4)n3)c3c(F)c(F)c(F)c(F)c3F)n2)c1. The van der Waals surface area contributed by atoms with Crippen molar-refractivity contribution in [1.29, 1.82) is 0 Å². The van der Waals surface area contributed by atoms with Crippen LogP contribution in [0.3, 0.4) is 0 Å². The highest BCUT2D eigenvalue weighted by Gasteiger charge is 2.32. The van der Waals surface area contributed by atoms with Crippen molar-refractivity contribution in [2.75, 3.05) is 4.90 Å². The van der Waals surface area contributed by atoms with Crippen LogP contribution < -0.4 is 4.90 Å². The summed E-state index contributed by atoms with van der Waals surface area (Å²) < 4.78 is 86.6. The maximum absolute atomic E-state index is 15.1. The molecule has 38 heavy (non-hydrogen) atoms. The van der Waals surface area contributed by atoms with E-state index in [4.69, 9.17) is 0 Å². The van der Waals surface area contributed by atoms with Crippen LogP contribution in [0.25, 0.3) is 22.5 Å². The first-order valence-corrected chi connectivity index (χ1v) is 11.3. The molecule has 5 aromatic rings. The zero-order valence-corrected chi connectivity index (χ0v) is 19.7. The lowest BCUT2D eigenvalue weighted by Gasteiger charge is -2.25. The monoisotopic (exact) mass is 521 g/mol. The standard InChI is InChI=1S/C29H17F6N3/c1-16-6-2-7-17(14-16)20-10-4-12-22(36-20)38(29-27(34)25(32)24(31)26(33)28(29)35)23-13-5-11-21(37-23)18-8-3-9-19(30)15-18/h2-15H,1H3. The fraction of sp³-hybridized carbons (Fsp3) is 0.0345. The predicted molar refractivity (Wildman–Crippen MR) is 132 cm³/mol. The van der Waals surface area contributed by atoms with Crippen LogP contribution in [0.1, 0.15) is 5.56 Å². The summed E-state index contributed by atoms with van der Waals surface area (Å²) in [6.45, 7) is 1.87. The van der Waals surface area contributed by atoms with Crippen LogP contribution in [0.15, 0.2) is 84.9 Å². The van der Waals surface area contributed by atoms with Crippen LogP contribution in [-0.4, -0.2) is 9.97 Å². The Balaban J connectivity index is 1.76. The van der Waals surface area contributed by atoms with Crippen molar-refractivity contribution in [3.63, 3.8) is 0 Å². The summed E-state index contributed by atoms with van der Waals surface area (Å²) in [7, 11) is 0. The molecule has 3 aromatic carbocycles. The highest BCUT2D eigenvalue weighted by Crippen LogP contribution is 2.40. The van der Waals surface area contributed by atoms with Gasteiger partial charge in [0.2, 0.25) is 5.82 Å². The topological polar surface area (TPSA) is 29.0 Å². The highest BCUT2D eigenvalue weighted by molar-refractivity contribution is 5.76. The van der Waals surface area contributed by atoms with Crippen LogP contribution in [0.2, 0.25) is 0 Å². The minimum Gasteiger partial charge on any atom is -0.273 e. The Morgan fingerprint density at radius 2 is 1.00 bits per heavy atom. The molecule has 0 radical (unpaired) electrons. The number of halogens is 6. The Morgan fingerprint density at radius 1 is 0.526 bits per heavy atom. The molecule has 2 heterocycles. The third kappa shape index (κ3) is 4.58. The summed E-state index contributed by atoms with van der Waals surface area (Å²) in [4.78, 5) is 9.59. The van der Waals surface area contributed by atoms with Crippen LogP contribution in [0.5, 0.6) is 0 Å². The first-order valence-electron chi connectivity index (χ1n) is 11.3. The number of nitrogens with zero attached hydrogens (tertiary/aromatic N) is 3. The average molecular weight is 521 g/mol. The van der Waals surface area contributed by atoms with Gasteiger partial charge in [-0.15, -0.1) is 0 Å². The second kappa shape index (κ2) is 10.0. The highest BCUT2D eigenvalue weighted by atomic mass is 19.2. The molecule has 0 aliphatic rings. The summed E-state index contributed by atoms with van der Waals surface area (Å²) in [5.41, 5.74) is 1.28. The van der Waals surface area contributed by atoms with Crippen molar-refractivity contribution in [2.24, 2.45) is 0 Å². The maximum atomic E-state index is 15.1. The zero-order chi connectivity index (χ0) is 27.0. The summed E-state index contributed by atoms with van der Waals surface area (Å²) in [6.07, 6.45) is 0. The lowest BCUT2D eigenvalue weighted by atomic mass is 10.1. The summed E-state index contributed by atoms with van der Waals surface area (Å²) in [5.74, 6) is -11.5. The molecule has 0 aliphatic heterocycles. The summed E-state index contributed by atoms with van der Waals surface area (Å²) >= 11 is 0. The number of pyridine rings is 2. The predicted octanol–water partition coefficient (Wildman–Crippen LogP) is 8.42. The van der Waals surface area contributed by atoms with Crippen molar-refractivity contribution in [3.8, 4) is 22.5 Å². The first kappa shape index (κ1) is 25.0. The van der Waals surface area contributed by atoms with Gasteiger partial charge in [-0.25, -0.2) is 36.3 Å². The molecule has 9 heteroatoms. The molecule has 5 rings (SSSR count). The molecule has 2 aromatic heterocycles. The van der Waals surface area contributed by atoms with E-state index in [0.717, 1.165) is 10.5 Å². The Labute approximate surface area is 213 Å². The number of aromatic nitrogens is 2. The normalized spacial score (nSPS) is 11.0. The fourth-order valence-electron chi connectivity index (χ4n) is 4.01. The third-order valence-corrected chi connectivity index (χ3v) is 5.77. The molecule has 190 valence electrons. The molecular formula is C29H17F6N3. The maximum Gasteiger partial charge on any atom is 0.200 e. The van der Waals surface area contributed by atoms with Crippen LogP contribution in [-0.2, 0) is 0 Å². The Hall–Kier alpha value is -4.66. The number of anilines is 3.